The summed E-state index contributed by atoms with van der Waals surface area (Å²) in [5.74, 6) is -1.33. The number of unbranched alkanes of at least 4 members (excludes halogenated alkanes) is 1. The number of hydrogen-bond donors (Lipinski definition) is 2. The number of rotatable bonds is 3. The normalized spacial score (nSPS) is 13.9. The SMILES string of the molecule is CC(=O)O.CCCCC1=CC(=O)NC1=O. The van der Waals surface area contributed by atoms with Crippen molar-refractivity contribution in [3.05, 3.63) is 11.6 Å². The van der Waals surface area contributed by atoms with E-state index in [9.17, 15) is 9.59 Å². The van der Waals surface area contributed by atoms with E-state index in [1.807, 2.05) is 0 Å². The molecule has 0 unspecified atom stereocenters. The van der Waals surface area contributed by atoms with Gasteiger partial charge < -0.3 is 5.11 Å². The maximum Gasteiger partial charge on any atom is 0.300 e. The number of hydrogen-bond acceptors (Lipinski definition) is 3. The fraction of sp³-hybridized carbons (Fsp3) is 0.500. The van der Waals surface area contributed by atoms with E-state index in [1.165, 1.54) is 6.08 Å². The molecule has 0 aromatic rings. The zero-order valence-electron chi connectivity index (χ0n) is 8.87. The van der Waals surface area contributed by atoms with Crippen LogP contribution in [0.2, 0.25) is 0 Å². The van der Waals surface area contributed by atoms with Gasteiger partial charge in [-0.15, -0.1) is 0 Å². The molecule has 1 aliphatic heterocycles. The highest BCUT2D eigenvalue weighted by atomic mass is 16.4. The Bertz CT molecular complexity index is 290. The number of carbonyl (C=O) groups excluding carboxylic acids is 2. The van der Waals surface area contributed by atoms with Crippen molar-refractivity contribution >= 4 is 17.8 Å². The van der Waals surface area contributed by atoms with E-state index in [0.29, 0.717) is 12.0 Å². The Labute approximate surface area is 88.2 Å². The summed E-state index contributed by atoms with van der Waals surface area (Å²) in [6.07, 6.45) is 4.11. The van der Waals surface area contributed by atoms with Crippen LogP contribution in [0.15, 0.2) is 11.6 Å². The first kappa shape index (κ1) is 13.4. The van der Waals surface area contributed by atoms with E-state index < -0.39 is 5.97 Å². The fourth-order valence-corrected chi connectivity index (χ4v) is 1.00. The van der Waals surface area contributed by atoms with Crippen molar-refractivity contribution in [3.63, 3.8) is 0 Å². The van der Waals surface area contributed by atoms with Crippen LogP contribution in [-0.2, 0) is 14.4 Å². The van der Waals surface area contributed by atoms with Crippen LogP contribution in [-0.4, -0.2) is 22.9 Å². The highest BCUT2D eigenvalue weighted by molar-refractivity contribution is 6.16. The second-order valence-electron chi connectivity index (χ2n) is 3.11. The lowest BCUT2D eigenvalue weighted by Crippen LogP contribution is -2.22. The van der Waals surface area contributed by atoms with E-state index >= 15 is 0 Å². The lowest BCUT2D eigenvalue weighted by molar-refractivity contribution is -0.134. The van der Waals surface area contributed by atoms with Gasteiger partial charge in [0.05, 0.1) is 0 Å². The molecule has 0 saturated heterocycles. The summed E-state index contributed by atoms with van der Waals surface area (Å²) in [6.45, 7) is 3.13. The third-order valence-corrected chi connectivity index (χ3v) is 1.63. The van der Waals surface area contributed by atoms with Crippen molar-refractivity contribution in [1.29, 1.82) is 0 Å². The molecule has 0 aromatic carbocycles. The van der Waals surface area contributed by atoms with Gasteiger partial charge in [-0.2, -0.15) is 0 Å². The van der Waals surface area contributed by atoms with Crippen LogP contribution < -0.4 is 5.32 Å². The first-order chi connectivity index (χ1) is 6.97. The van der Waals surface area contributed by atoms with Crippen LogP contribution in [0.1, 0.15) is 33.1 Å². The largest absolute Gasteiger partial charge is 0.481 e. The van der Waals surface area contributed by atoms with Gasteiger partial charge in [0.25, 0.3) is 17.8 Å². The quantitative estimate of drug-likeness (QED) is 0.681. The van der Waals surface area contributed by atoms with Gasteiger partial charge in [-0.1, -0.05) is 13.3 Å². The average Bonchev–Trinajstić information content (AvgIpc) is 2.40. The Morgan fingerprint density at radius 1 is 1.47 bits per heavy atom. The van der Waals surface area contributed by atoms with Crippen LogP contribution in [0.4, 0.5) is 0 Å². The molecule has 0 radical (unpaired) electrons. The summed E-state index contributed by atoms with van der Waals surface area (Å²) < 4.78 is 0. The van der Waals surface area contributed by atoms with Gasteiger partial charge in [0.2, 0.25) is 0 Å². The smallest absolute Gasteiger partial charge is 0.300 e. The Balaban J connectivity index is 0.000000423. The molecule has 0 saturated carbocycles. The predicted molar refractivity (Wildman–Crippen MR) is 54.1 cm³/mol. The molecular weight excluding hydrogens is 198 g/mol. The molecule has 0 aliphatic carbocycles. The highest BCUT2D eigenvalue weighted by Gasteiger charge is 2.19. The standard InChI is InChI=1S/C8H11NO2.C2H4O2/c1-2-3-4-6-5-7(10)9-8(6)11;1-2(3)4/h5H,2-4H2,1H3,(H,9,10,11);1H3,(H,3,4). The van der Waals surface area contributed by atoms with Crippen molar-refractivity contribution in [2.45, 2.75) is 33.1 Å². The number of imide groups is 1. The van der Waals surface area contributed by atoms with E-state index in [2.05, 4.69) is 12.2 Å². The van der Waals surface area contributed by atoms with Crippen molar-refractivity contribution in [3.8, 4) is 0 Å². The number of nitrogens with one attached hydrogen (secondary N) is 1. The zero-order valence-corrected chi connectivity index (χ0v) is 8.87. The van der Waals surface area contributed by atoms with E-state index in [0.717, 1.165) is 19.8 Å². The minimum Gasteiger partial charge on any atom is -0.481 e. The van der Waals surface area contributed by atoms with Crippen LogP contribution in [0.5, 0.6) is 0 Å². The number of aliphatic carboxylic acids is 1. The average molecular weight is 213 g/mol. The maximum atomic E-state index is 10.9. The Kier molecular flexibility index (Phi) is 6.01. The molecule has 84 valence electrons. The molecule has 0 fully saturated rings. The molecule has 5 nitrogen and oxygen atoms in total. The number of carbonyl (C=O) groups is 3. The third-order valence-electron chi connectivity index (χ3n) is 1.63. The molecule has 0 spiro atoms. The minimum atomic E-state index is -0.833. The Morgan fingerprint density at radius 3 is 2.33 bits per heavy atom. The number of amides is 2. The molecule has 1 rings (SSSR count). The summed E-state index contributed by atoms with van der Waals surface area (Å²) in [7, 11) is 0. The van der Waals surface area contributed by atoms with Crippen molar-refractivity contribution < 1.29 is 19.5 Å². The second kappa shape index (κ2) is 6.75. The summed E-state index contributed by atoms with van der Waals surface area (Å²) >= 11 is 0. The maximum absolute atomic E-state index is 10.9. The topological polar surface area (TPSA) is 83.5 Å². The summed E-state index contributed by atoms with van der Waals surface area (Å²) in [5, 5.41) is 9.62. The van der Waals surface area contributed by atoms with Gasteiger partial charge in [-0.25, -0.2) is 0 Å². The van der Waals surface area contributed by atoms with Gasteiger partial charge >= 0.3 is 0 Å². The van der Waals surface area contributed by atoms with Crippen molar-refractivity contribution in [2.75, 3.05) is 0 Å². The lowest BCUT2D eigenvalue weighted by atomic mass is 10.1. The van der Waals surface area contributed by atoms with Crippen LogP contribution >= 0.6 is 0 Å². The second-order valence-corrected chi connectivity index (χ2v) is 3.11. The fourth-order valence-electron chi connectivity index (χ4n) is 1.00. The van der Waals surface area contributed by atoms with Gasteiger partial charge in [0.15, 0.2) is 0 Å². The number of carboxylic acid groups (broad SMARTS) is 1. The molecule has 1 aliphatic rings. The Morgan fingerprint density at radius 2 is 2.00 bits per heavy atom. The van der Waals surface area contributed by atoms with Crippen molar-refractivity contribution in [2.24, 2.45) is 0 Å². The van der Waals surface area contributed by atoms with E-state index in [1.54, 1.807) is 0 Å². The van der Waals surface area contributed by atoms with Gasteiger partial charge in [-0.3, -0.25) is 19.7 Å². The molecule has 2 N–H and O–H groups in total. The minimum absolute atomic E-state index is 0.219. The summed E-state index contributed by atoms with van der Waals surface area (Å²) in [4.78, 5) is 30.5. The number of carboxylic acids is 1. The summed E-state index contributed by atoms with van der Waals surface area (Å²) in [6, 6.07) is 0. The third kappa shape index (κ3) is 6.42. The molecule has 5 heteroatoms. The van der Waals surface area contributed by atoms with Gasteiger partial charge in [-0.05, 0) is 12.8 Å². The van der Waals surface area contributed by atoms with E-state index in [-0.39, 0.29) is 11.8 Å². The molecular formula is C10H15NO4. The molecule has 15 heavy (non-hydrogen) atoms. The molecule has 0 bridgehead atoms. The monoisotopic (exact) mass is 213 g/mol. The first-order valence-corrected chi connectivity index (χ1v) is 4.72. The highest BCUT2D eigenvalue weighted by Crippen LogP contribution is 2.10. The van der Waals surface area contributed by atoms with Gasteiger partial charge in [0.1, 0.15) is 0 Å². The zero-order chi connectivity index (χ0) is 11.8. The molecule has 0 atom stereocenters. The van der Waals surface area contributed by atoms with E-state index in [4.69, 9.17) is 9.90 Å². The molecule has 0 aromatic heterocycles. The van der Waals surface area contributed by atoms with Crippen LogP contribution in [0.3, 0.4) is 0 Å². The summed E-state index contributed by atoms with van der Waals surface area (Å²) in [5.41, 5.74) is 0.622. The van der Waals surface area contributed by atoms with Crippen LogP contribution in [0, 0.1) is 0 Å². The van der Waals surface area contributed by atoms with Crippen LogP contribution in [0.25, 0.3) is 0 Å². The van der Waals surface area contributed by atoms with Crippen molar-refractivity contribution in [1.82, 2.24) is 5.32 Å². The first-order valence-electron chi connectivity index (χ1n) is 4.72. The molecule has 1 heterocycles. The lowest BCUT2D eigenvalue weighted by Gasteiger charge is -1.95. The van der Waals surface area contributed by atoms with Gasteiger partial charge in [0, 0.05) is 18.6 Å². The predicted octanol–water partition coefficient (Wildman–Crippen LogP) is 0.850. The molecule has 2 amide bonds. The Hall–Kier alpha value is -1.65.